The van der Waals surface area contributed by atoms with Crippen LogP contribution in [0.3, 0.4) is 0 Å². The molecule has 3 heterocycles. The van der Waals surface area contributed by atoms with Gasteiger partial charge in [0.2, 0.25) is 5.65 Å². The van der Waals surface area contributed by atoms with Crippen molar-refractivity contribution in [3.05, 3.63) is 71.5 Å². The average Bonchev–Trinajstić information content (AvgIpc) is 3.46. The summed E-state index contributed by atoms with van der Waals surface area (Å²) in [5.74, 6) is -1.13. The number of halogens is 1. The number of ether oxygens (including phenoxy) is 1. The van der Waals surface area contributed by atoms with Crippen LogP contribution in [0.2, 0.25) is 0 Å². The minimum absolute atomic E-state index is 0.0576. The molecule has 1 aliphatic rings. The number of carbonyl (C=O) groups is 1. The smallest absolute Gasteiger partial charge is 0.258 e. The van der Waals surface area contributed by atoms with E-state index in [4.69, 9.17) is 4.74 Å². The van der Waals surface area contributed by atoms with Gasteiger partial charge in [0, 0.05) is 17.9 Å². The lowest BCUT2D eigenvalue weighted by Gasteiger charge is -2.11. The van der Waals surface area contributed by atoms with Crippen LogP contribution >= 0.6 is 0 Å². The van der Waals surface area contributed by atoms with E-state index in [9.17, 15) is 9.18 Å². The molecule has 1 unspecified atom stereocenters. The van der Waals surface area contributed by atoms with Gasteiger partial charge in [-0.05, 0) is 60.9 Å². The van der Waals surface area contributed by atoms with Crippen LogP contribution in [0.1, 0.15) is 34.9 Å². The number of aromatic nitrogens is 4. The van der Waals surface area contributed by atoms with Crippen molar-refractivity contribution in [1.82, 2.24) is 20.4 Å². The fraction of sp³-hybridized carbons (Fsp3) is 0.182. The van der Waals surface area contributed by atoms with Gasteiger partial charge >= 0.3 is 0 Å². The van der Waals surface area contributed by atoms with Gasteiger partial charge in [-0.1, -0.05) is 12.1 Å². The van der Waals surface area contributed by atoms with Crippen molar-refractivity contribution in [2.75, 3.05) is 11.9 Å². The molecule has 1 saturated heterocycles. The van der Waals surface area contributed by atoms with Crippen LogP contribution in [0.5, 0.6) is 0 Å². The molecule has 5 rings (SSSR count). The van der Waals surface area contributed by atoms with Crippen molar-refractivity contribution < 1.29 is 13.9 Å². The first-order valence-electron chi connectivity index (χ1n) is 9.68. The largest absolute Gasteiger partial charge is 0.374 e. The lowest BCUT2D eigenvalue weighted by Crippen LogP contribution is -2.14. The molecule has 2 aromatic heterocycles. The van der Waals surface area contributed by atoms with Crippen molar-refractivity contribution in [2.45, 2.75) is 18.9 Å². The summed E-state index contributed by atoms with van der Waals surface area (Å²) < 4.78 is 20.1. The van der Waals surface area contributed by atoms with Crippen LogP contribution in [-0.2, 0) is 4.74 Å². The Balaban J connectivity index is 1.37. The minimum Gasteiger partial charge on any atom is -0.374 e. The number of rotatable bonds is 4. The van der Waals surface area contributed by atoms with E-state index in [2.05, 4.69) is 25.7 Å². The van der Waals surface area contributed by atoms with Crippen LogP contribution in [0.25, 0.3) is 22.4 Å². The maximum Gasteiger partial charge on any atom is 0.258 e. The molecule has 7 nitrogen and oxygen atoms in total. The molecule has 1 atom stereocenters. The normalized spacial score (nSPS) is 16.1. The van der Waals surface area contributed by atoms with E-state index in [1.807, 2.05) is 12.1 Å². The summed E-state index contributed by atoms with van der Waals surface area (Å²) in [5.41, 5.74) is 3.88. The standard InChI is InChI=1S/C22H18FN5O2/c23-17-8-5-14(18-9-10-19-21(25-18)27-28-26-19)12-16(17)22(29)24-15-6-3-13(4-7-15)20-2-1-11-30-20/h3-10,12,20H,1-2,11H2,(H,24,29)(H,25,26,27,28). The highest BCUT2D eigenvalue weighted by atomic mass is 19.1. The Morgan fingerprint density at radius 1 is 1.10 bits per heavy atom. The Hall–Kier alpha value is -3.65. The molecule has 8 heteroatoms. The predicted octanol–water partition coefficient (Wildman–Crippen LogP) is 4.26. The van der Waals surface area contributed by atoms with E-state index in [-0.39, 0.29) is 11.7 Å². The first kappa shape index (κ1) is 18.4. The maximum atomic E-state index is 14.4. The number of aromatic amines is 1. The van der Waals surface area contributed by atoms with Gasteiger partial charge in [-0.2, -0.15) is 10.3 Å². The van der Waals surface area contributed by atoms with Crippen LogP contribution < -0.4 is 5.32 Å². The summed E-state index contributed by atoms with van der Waals surface area (Å²) in [4.78, 5) is 17.1. The summed E-state index contributed by atoms with van der Waals surface area (Å²) in [6, 6.07) is 15.3. The number of hydrogen-bond donors (Lipinski definition) is 2. The lowest BCUT2D eigenvalue weighted by atomic mass is 10.1. The Bertz CT molecular complexity index is 1220. The third kappa shape index (κ3) is 3.53. The molecule has 30 heavy (non-hydrogen) atoms. The summed E-state index contributed by atoms with van der Waals surface area (Å²) in [6.07, 6.45) is 2.16. The Labute approximate surface area is 171 Å². The van der Waals surface area contributed by atoms with E-state index in [0.717, 1.165) is 25.0 Å². The van der Waals surface area contributed by atoms with Crippen LogP contribution in [0, 0.1) is 5.82 Å². The predicted molar refractivity (Wildman–Crippen MR) is 109 cm³/mol. The number of benzene rings is 2. The molecule has 2 N–H and O–H groups in total. The number of amides is 1. The zero-order valence-electron chi connectivity index (χ0n) is 15.9. The quantitative estimate of drug-likeness (QED) is 0.531. The van der Waals surface area contributed by atoms with Gasteiger partial charge in [0.15, 0.2) is 0 Å². The molecule has 4 aromatic rings. The number of hydrogen-bond acceptors (Lipinski definition) is 5. The first-order valence-corrected chi connectivity index (χ1v) is 9.68. The number of fused-ring (bicyclic) bond motifs is 1. The first-order chi connectivity index (χ1) is 14.7. The second-order valence-corrected chi connectivity index (χ2v) is 7.14. The Kier molecular flexibility index (Phi) is 4.68. The highest BCUT2D eigenvalue weighted by Gasteiger charge is 2.18. The topological polar surface area (TPSA) is 92.8 Å². The van der Waals surface area contributed by atoms with E-state index in [0.29, 0.717) is 28.1 Å². The van der Waals surface area contributed by atoms with Gasteiger partial charge in [-0.15, -0.1) is 5.10 Å². The third-order valence-corrected chi connectivity index (χ3v) is 5.16. The van der Waals surface area contributed by atoms with E-state index in [1.54, 1.807) is 30.3 Å². The number of carbonyl (C=O) groups excluding carboxylic acids is 1. The van der Waals surface area contributed by atoms with Gasteiger partial charge in [0.1, 0.15) is 11.3 Å². The third-order valence-electron chi connectivity index (χ3n) is 5.16. The molecular weight excluding hydrogens is 385 g/mol. The molecular formula is C22H18FN5O2. The SMILES string of the molecule is O=C(Nc1ccc(C2CCCO2)cc1)c1cc(-c2ccc3n[nH]nc3n2)ccc1F. The van der Waals surface area contributed by atoms with E-state index >= 15 is 0 Å². The summed E-state index contributed by atoms with van der Waals surface area (Å²) in [6.45, 7) is 0.775. The molecule has 1 fully saturated rings. The van der Waals surface area contributed by atoms with Gasteiger partial charge in [-0.25, -0.2) is 9.37 Å². The van der Waals surface area contributed by atoms with Gasteiger partial charge in [-0.3, -0.25) is 4.79 Å². The molecule has 0 aliphatic carbocycles. The molecule has 1 amide bonds. The highest BCUT2D eigenvalue weighted by molar-refractivity contribution is 6.05. The van der Waals surface area contributed by atoms with Crippen molar-refractivity contribution in [2.24, 2.45) is 0 Å². The Morgan fingerprint density at radius 2 is 1.97 bits per heavy atom. The van der Waals surface area contributed by atoms with Crippen LogP contribution in [0.15, 0.2) is 54.6 Å². The summed E-state index contributed by atoms with van der Waals surface area (Å²) in [5, 5.41) is 13.2. The second-order valence-electron chi connectivity index (χ2n) is 7.14. The number of H-pyrrole nitrogens is 1. The second kappa shape index (κ2) is 7.64. The summed E-state index contributed by atoms with van der Waals surface area (Å²) >= 11 is 0. The summed E-state index contributed by atoms with van der Waals surface area (Å²) in [7, 11) is 0. The zero-order chi connectivity index (χ0) is 20.5. The number of nitrogens with zero attached hydrogens (tertiary/aromatic N) is 3. The number of nitrogens with one attached hydrogen (secondary N) is 2. The molecule has 1 aliphatic heterocycles. The minimum atomic E-state index is -0.602. The Morgan fingerprint density at radius 3 is 2.77 bits per heavy atom. The van der Waals surface area contributed by atoms with Crippen LogP contribution in [-0.4, -0.2) is 32.9 Å². The van der Waals surface area contributed by atoms with Gasteiger partial charge in [0.05, 0.1) is 17.4 Å². The lowest BCUT2D eigenvalue weighted by molar-refractivity contribution is 0.102. The van der Waals surface area contributed by atoms with E-state index < -0.39 is 11.7 Å². The van der Waals surface area contributed by atoms with Crippen molar-refractivity contribution >= 4 is 22.8 Å². The molecule has 0 saturated carbocycles. The fourth-order valence-electron chi connectivity index (χ4n) is 3.58. The number of anilines is 1. The molecule has 2 aromatic carbocycles. The average molecular weight is 403 g/mol. The van der Waals surface area contributed by atoms with Gasteiger partial charge in [0.25, 0.3) is 5.91 Å². The zero-order valence-corrected chi connectivity index (χ0v) is 15.9. The molecule has 150 valence electrons. The molecule has 0 bridgehead atoms. The van der Waals surface area contributed by atoms with Crippen LogP contribution in [0.4, 0.5) is 10.1 Å². The van der Waals surface area contributed by atoms with Crippen molar-refractivity contribution in [3.63, 3.8) is 0 Å². The molecule has 0 radical (unpaired) electrons. The highest BCUT2D eigenvalue weighted by Crippen LogP contribution is 2.29. The monoisotopic (exact) mass is 403 g/mol. The fourth-order valence-corrected chi connectivity index (χ4v) is 3.58. The van der Waals surface area contributed by atoms with E-state index in [1.165, 1.54) is 12.1 Å². The van der Waals surface area contributed by atoms with Gasteiger partial charge < -0.3 is 10.1 Å². The van der Waals surface area contributed by atoms with Crippen molar-refractivity contribution in [3.8, 4) is 11.3 Å². The van der Waals surface area contributed by atoms with Crippen molar-refractivity contribution in [1.29, 1.82) is 0 Å². The maximum absolute atomic E-state index is 14.4. The molecule has 0 spiro atoms. The number of pyridine rings is 1.